The van der Waals surface area contributed by atoms with Crippen LogP contribution in [0.25, 0.3) is 0 Å². The highest BCUT2D eigenvalue weighted by Gasteiger charge is 2.25. The van der Waals surface area contributed by atoms with Crippen molar-refractivity contribution in [3.63, 3.8) is 0 Å². The van der Waals surface area contributed by atoms with Crippen LogP contribution >= 0.6 is 0 Å². The SMILES string of the molecule is O=C(NCCC(O)C(O)c1ccc([N+](=O)[O-])cc1C(=O)O)OCc1ccccc1. The average Bonchev–Trinajstić information content (AvgIpc) is 2.71. The van der Waals surface area contributed by atoms with Gasteiger partial charge in [0.1, 0.15) is 12.7 Å². The highest BCUT2D eigenvalue weighted by Crippen LogP contribution is 2.26. The number of nitrogens with zero attached hydrogens (tertiary/aromatic N) is 1. The monoisotopic (exact) mass is 404 g/mol. The Hall–Kier alpha value is -3.50. The van der Waals surface area contributed by atoms with Crippen molar-refractivity contribution in [2.24, 2.45) is 0 Å². The number of benzene rings is 2. The number of carbonyl (C=O) groups excluding carboxylic acids is 1. The molecule has 0 aromatic heterocycles. The molecule has 0 aliphatic carbocycles. The van der Waals surface area contributed by atoms with Gasteiger partial charge >= 0.3 is 12.1 Å². The summed E-state index contributed by atoms with van der Waals surface area (Å²) >= 11 is 0. The molecule has 10 nitrogen and oxygen atoms in total. The van der Waals surface area contributed by atoms with Crippen molar-refractivity contribution in [1.82, 2.24) is 5.32 Å². The summed E-state index contributed by atoms with van der Waals surface area (Å²) in [6, 6.07) is 11.9. The number of carboxylic acid groups (broad SMARTS) is 1. The van der Waals surface area contributed by atoms with Crippen molar-refractivity contribution in [1.29, 1.82) is 0 Å². The van der Waals surface area contributed by atoms with Crippen molar-refractivity contribution in [2.75, 3.05) is 6.54 Å². The number of carboxylic acids is 1. The molecule has 10 heteroatoms. The lowest BCUT2D eigenvalue weighted by Crippen LogP contribution is -2.30. The number of aliphatic hydroxyl groups excluding tert-OH is 2. The molecule has 29 heavy (non-hydrogen) atoms. The zero-order valence-corrected chi connectivity index (χ0v) is 15.2. The van der Waals surface area contributed by atoms with Crippen LogP contribution in [0.3, 0.4) is 0 Å². The van der Waals surface area contributed by atoms with E-state index < -0.39 is 40.4 Å². The Morgan fingerprint density at radius 3 is 2.45 bits per heavy atom. The first-order chi connectivity index (χ1) is 13.8. The second-order valence-electron chi connectivity index (χ2n) is 6.12. The summed E-state index contributed by atoms with van der Waals surface area (Å²) in [5.74, 6) is -1.47. The van der Waals surface area contributed by atoms with Crippen LogP contribution in [0.4, 0.5) is 10.5 Å². The molecule has 0 spiro atoms. The fourth-order valence-corrected chi connectivity index (χ4v) is 2.56. The van der Waals surface area contributed by atoms with E-state index in [1.807, 2.05) is 6.07 Å². The standard InChI is InChI=1S/C19H20N2O8/c22-16(8-9-20-19(26)29-11-12-4-2-1-3-5-12)17(23)14-7-6-13(21(27)28)10-15(14)18(24)25/h1-7,10,16-17,22-23H,8-9,11H2,(H,20,26)(H,24,25). The van der Waals surface area contributed by atoms with Crippen molar-refractivity contribution in [2.45, 2.75) is 25.2 Å². The number of hydrogen-bond acceptors (Lipinski definition) is 7. The number of nitrogens with one attached hydrogen (secondary N) is 1. The van der Waals surface area contributed by atoms with Gasteiger partial charge < -0.3 is 25.4 Å². The average molecular weight is 404 g/mol. The number of ether oxygens (including phenoxy) is 1. The van der Waals surface area contributed by atoms with E-state index in [-0.39, 0.29) is 25.1 Å². The predicted octanol–water partition coefficient (Wildman–Crippen LogP) is 2.00. The Morgan fingerprint density at radius 2 is 1.83 bits per heavy atom. The van der Waals surface area contributed by atoms with Crippen molar-refractivity contribution < 1.29 is 34.6 Å². The molecule has 0 aliphatic heterocycles. The van der Waals surface area contributed by atoms with Gasteiger partial charge in [0.05, 0.1) is 16.6 Å². The molecule has 2 aromatic rings. The molecule has 0 fully saturated rings. The van der Waals surface area contributed by atoms with Gasteiger partial charge in [-0.15, -0.1) is 0 Å². The molecular formula is C19H20N2O8. The maximum atomic E-state index is 11.7. The highest BCUT2D eigenvalue weighted by atomic mass is 16.6. The fraction of sp³-hybridized carbons (Fsp3) is 0.263. The molecule has 0 bridgehead atoms. The number of aromatic carboxylic acids is 1. The minimum Gasteiger partial charge on any atom is -0.478 e. The Balaban J connectivity index is 1.88. The molecule has 0 heterocycles. The van der Waals surface area contributed by atoms with Gasteiger partial charge in [0.15, 0.2) is 0 Å². The van der Waals surface area contributed by atoms with Gasteiger partial charge in [0.2, 0.25) is 0 Å². The number of rotatable bonds is 9. The van der Waals surface area contributed by atoms with E-state index in [0.717, 1.165) is 23.8 Å². The minimum atomic E-state index is -1.61. The second kappa shape index (κ2) is 10.2. The predicted molar refractivity (Wildman–Crippen MR) is 100 cm³/mol. The lowest BCUT2D eigenvalue weighted by molar-refractivity contribution is -0.384. The highest BCUT2D eigenvalue weighted by molar-refractivity contribution is 5.90. The lowest BCUT2D eigenvalue weighted by atomic mass is 9.96. The zero-order valence-electron chi connectivity index (χ0n) is 15.2. The van der Waals surface area contributed by atoms with Gasteiger partial charge in [-0.05, 0) is 23.6 Å². The molecule has 0 saturated heterocycles. The smallest absolute Gasteiger partial charge is 0.407 e. The van der Waals surface area contributed by atoms with Crippen molar-refractivity contribution in [3.8, 4) is 0 Å². The van der Waals surface area contributed by atoms with E-state index in [2.05, 4.69) is 5.32 Å². The number of amides is 1. The molecule has 0 aliphatic rings. The first-order valence-corrected chi connectivity index (χ1v) is 8.62. The van der Waals surface area contributed by atoms with E-state index >= 15 is 0 Å². The quantitative estimate of drug-likeness (QED) is 0.365. The van der Waals surface area contributed by atoms with Crippen molar-refractivity contribution >= 4 is 17.7 Å². The summed E-state index contributed by atoms with van der Waals surface area (Å²) in [6.07, 6.45) is -3.83. The van der Waals surface area contributed by atoms with Gasteiger partial charge in [0, 0.05) is 18.7 Å². The molecule has 1 amide bonds. The van der Waals surface area contributed by atoms with Gasteiger partial charge in [-0.1, -0.05) is 30.3 Å². The Labute approximate surface area is 165 Å². The van der Waals surface area contributed by atoms with Crippen LogP contribution < -0.4 is 5.32 Å². The van der Waals surface area contributed by atoms with Crippen LogP contribution in [-0.4, -0.2) is 45.0 Å². The third-order valence-corrected chi connectivity index (χ3v) is 4.08. The molecule has 0 radical (unpaired) electrons. The van der Waals surface area contributed by atoms with Crippen LogP contribution in [0.1, 0.15) is 34.0 Å². The maximum absolute atomic E-state index is 11.7. The summed E-state index contributed by atoms with van der Waals surface area (Å²) in [5, 5.41) is 42.8. The van der Waals surface area contributed by atoms with Crippen LogP contribution in [-0.2, 0) is 11.3 Å². The Bertz CT molecular complexity index is 872. The normalized spacial score (nSPS) is 12.6. The van der Waals surface area contributed by atoms with Gasteiger partial charge in [0.25, 0.3) is 5.69 Å². The van der Waals surface area contributed by atoms with Crippen LogP contribution in [0.5, 0.6) is 0 Å². The maximum Gasteiger partial charge on any atom is 0.407 e. The van der Waals surface area contributed by atoms with Crippen LogP contribution in [0.15, 0.2) is 48.5 Å². The number of hydrogen-bond donors (Lipinski definition) is 4. The number of aliphatic hydroxyl groups is 2. The van der Waals surface area contributed by atoms with Gasteiger partial charge in [-0.25, -0.2) is 9.59 Å². The molecule has 4 N–H and O–H groups in total. The number of carbonyl (C=O) groups is 2. The van der Waals surface area contributed by atoms with Crippen LogP contribution in [0, 0.1) is 10.1 Å². The first kappa shape index (κ1) is 21.8. The number of nitro benzene ring substituents is 1. The fourth-order valence-electron chi connectivity index (χ4n) is 2.56. The summed E-state index contributed by atoms with van der Waals surface area (Å²) in [4.78, 5) is 33.0. The van der Waals surface area contributed by atoms with E-state index in [9.17, 15) is 35.0 Å². The first-order valence-electron chi connectivity index (χ1n) is 8.62. The number of nitro groups is 1. The van der Waals surface area contributed by atoms with Crippen molar-refractivity contribution in [3.05, 3.63) is 75.3 Å². The zero-order chi connectivity index (χ0) is 21.4. The minimum absolute atomic E-state index is 0.0404. The third-order valence-electron chi connectivity index (χ3n) is 4.08. The molecule has 2 atom stereocenters. The van der Waals surface area contributed by atoms with E-state index in [1.54, 1.807) is 24.3 Å². The molecule has 2 rings (SSSR count). The molecule has 154 valence electrons. The molecular weight excluding hydrogens is 384 g/mol. The molecule has 2 aromatic carbocycles. The summed E-state index contributed by atoms with van der Waals surface area (Å²) in [5.41, 5.74) is -0.295. The Morgan fingerprint density at radius 1 is 1.14 bits per heavy atom. The Kier molecular flexibility index (Phi) is 7.63. The summed E-state index contributed by atoms with van der Waals surface area (Å²) in [7, 11) is 0. The molecule has 2 unspecified atom stereocenters. The van der Waals surface area contributed by atoms with E-state index in [1.165, 1.54) is 0 Å². The lowest BCUT2D eigenvalue weighted by Gasteiger charge is -2.19. The van der Waals surface area contributed by atoms with Gasteiger partial charge in [-0.3, -0.25) is 10.1 Å². The van der Waals surface area contributed by atoms with Gasteiger partial charge in [-0.2, -0.15) is 0 Å². The van der Waals surface area contributed by atoms with E-state index in [4.69, 9.17) is 4.74 Å². The number of alkyl carbamates (subject to hydrolysis) is 1. The summed E-state index contributed by atoms with van der Waals surface area (Å²) < 4.78 is 5.01. The third kappa shape index (κ3) is 6.26. The summed E-state index contributed by atoms with van der Waals surface area (Å²) in [6.45, 7) is 0.0316. The second-order valence-corrected chi connectivity index (χ2v) is 6.12. The topological polar surface area (TPSA) is 159 Å². The molecule has 0 saturated carbocycles. The largest absolute Gasteiger partial charge is 0.478 e. The number of non-ortho nitro benzene ring substituents is 1. The van der Waals surface area contributed by atoms with Crippen LogP contribution in [0.2, 0.25) is 0 Å². The van der Waals surface area contributed by atoms with E-state index in [0.29, 0.717) is 0 Å².